The normalized spacial score (nSPS) is 10.3. The molecule has 4 nitrogen and oxygen atoms in total. The Morgan fingerprint density at radius 1 is 1.00 bits per heavy atom. The number of ether oxygens (including phenoxy) is 1. The van der Waals surface area contributed by atoms with Crippen molar-refractivity contribution in [2.45, 2.75) is 6.54 Å². The van der Waals surface area contributed by atoms with E-state index in [0.29, 0.717) is 6.54 Å². The van der Waals surface area contributed by atoms with Crippen LogP contribution in [0.1, 0.15) is 5.56 Å². The minimum absolute atomic E-state index is 0.271. The number of rotatable bonds is 5. The van der Waals surface area contributed by atoms with Crippen LogP contribution in [0.5, 0.6) is 11.5 Å². The van der Waals surface area contributed by atoms with Gasteiger partial charge >= 0.3 is 0 Å². The molecule has 0 radical (unpaired) electrons. The molecule has 0 bridgehead atoms. The Labute approximate surface area is 135 Å². The Morgan fingerprint density at radius 2 is 1.87 bits per heavy atom. The molecule has 0 unspecified atom stereocenters. The Hall–Kier alpha value is -3.01. The molecule has 0 aliphatic carbocycles. The summed E-state index contributed by atoms with van der Waals surface area (Å²) in [5.41, 5.74) is 4.01. The molecule has 2 aromatic carbocycles. The standard InChI is InChI=1S/C19H18N2O2/c1-23-19-7-3-5-15(10-19)16-9-17(13-20-12-16)21-11-14-4-2-6-18(22)8-14/h2-10,12-13,21-22H,11H2,1H3. The van der Waals surface area contributed by atoms with Crippen molar-refractivity contribution in [2.24, 2.45) is 0 Å². The van der Waals surface area contributed by atoms with Gasteiger partial charge in [-0.3, -0.25) is 4.98 Å². The van der Waals surface area contributed by atoms with Gasteiger partial charge in [0.2, 0.25) is 0 Å². The Bertz CT molecular complexity index is 803. The highest BCUT2D eigenvalue weighted by Crippen LogP contribution is 2.25. The molecule has 0 spiro atoms. The van der Waals surface area contributed by atoms with E-state index in [4.69, 9.17) is 4.74 Å². The molecular formula is C19H18N2O2. The number of hydrogen-bond acceptors (Lipinski definition) is 4. The van der Waals surface area contributed by atoms with Gasteiger partial charge < -0.3 is 15.2 Å². The maximum absolute atomic E-state index is 9.50. The first-order valence-corrected chi connectivity index (χ1v) is 7.36. The van der Waals surface area contributed by atoms with Crippen LogP contribution < -0.4 is 10.1 Å². The average Bonchev–Trinajstić information content (AvgIpc) is 2.60. The van der Waals surface area contributed by atoms with E-state index in [9.17, 15) is 5.11 Å². The second-order valence-corrected chi connectivity index (χ2v) is 5.22. The molecule has 0 aliphatic rings. The van der Waals surface area contributed by atoms with Crippen molar-refractivity contribution >= 4 is 5.69 Å². The Kier molecular flexibility index (Phi) is 4.43. The van der Waals surface area contributed by atoms with E-state index in [0.717, 1.165) is 28.1 Å². The van der Waals surface area contributed by atoms with E-state index < -0.39 is 0 Å². The summed E-state index contributed by atoms with van der Waals surface area (Å²) in [6, 6.07) is 17.1. The number of anilines is 1. The minimum Gasteiger partial charge on any atom is -0.508 e. The summed E-state index contributed by atoms with van der Waals surface area (Å²) in [4.78, 5) is 4.29. The summed E-state index contributed by atoms with van der Waals surface area (Å²) >= 11 is 0. The molecule has 23 heavy (non-hydrogen) atoms. The summed E-state index contributed by atoms with van der Waals surface area (Å²) < 4.78 is 5.26. The maximum atomic E-state index is 9.50. The third kappa shape index (κ3) is 3.80. The van der Waals surface area contributed by atoms with E-state index in [1.54, 1.807) is 25.4 Å². The van der Waals surface area contributed by atoms with Gasteiger partial charge in [-0.15, -0.1) is 0 Å². The van der Waals surface area contributed by atoms with E-state index >= 15 is 0 Å². The number of nitrogens with zero attached hydrogens (tertiary/aromatic N) is 1. The zero-order valence-electron chi connectivity index (χ0n) is 12.9. The summed E-state index contributed by atoms with van der Waals surface area (Å²) in [5.74, 6) is 1.09. The van der Waals surface area contributed by atoms with E-state index in [1.807, 2.05) is 48.7 Å². The van der Waals surface area contributed by atoms with Crippen molar-refractivity contribution in [2.75, 3.05) is 12.4 Å². The molecule has 2 N–H and O–H groups in total. The van der Waals surface area contributed by atoms with Gasteiger partial charge in [-0.25, -0.2) is 0 Å². The minimum atomic E-state index is 0.271. The highest BCUT2D eigenvalue weighted by atomic mass is 16.5. The fraction of sp³-hybridized carbons (Fsp3) is 0.105. The molecule has 3 aromatic rings. The molecule has 0 saturated heterocycles. The van der Waals surface area contributed by atoms with Crippen LogP contribution in [0.2, 0.25) is 0 Å². The van der Waals surface area contributed by atoms with Crippen LogP contribution >= 0.6 is 0 Å². The van der Waals surface area contributed by atoms with Crippen molar-refractivity contribution in [3.8, 4) is 22.6 Å². The van der Waals surface area contributed by atoms with Crippen molar-refractivity contribution in [3.05, 3.63) is 72.6 Å². The number of phenolic OH excluding ortho intramolecular Hbond substituents is 1. The highest BCUT2D eigenvalue weighted by molar-refractivity contribution is 5.68. The van der Waals surface area contributed by atoms with Gasteiger partial charge in [0.15, 0.2) is 0 Å². The summed E-state index contributed by atoms with van der Waals surface area (Å²) in [7, 11) is 1.66. The second-order valence-electron chi connectivity index (χ2n) is 5.22. The maximum Gasteiger partial charge on any atom is 0.119 e. The van der Waals surface area contributed by atoms with Crippen LogP contribution in [0.25, 0.3) is 11.1 Å². The monoisotopic (exact) mass is 306 g/mol. The van der Waals surface area contributed by atoms with Crippen molar-refractivity contribution in [1.82, 2.24) is 4.98 Å². The number of phenols is 1. The number of methoxy groups -OCH3 is 1. The van der Waals surface area contributed by atoms with Gasteiger partial charge in [-0.1, -0.05) is 24.3 Å². The Morgan fingerprint density at radius 3 is 2.70 bits per heavy atom. The largest absolute Gasteiger partial charge is 0.508 e. The first kappa shape index (κ1) is 14.9. The molecule has 4 heteroatoms. The van der Waals surface area contributed by atoms with E-state index in [1.165, 1.54) is 0 Å². The fourth-order valence-electron chi connectivity index (χ4n) is 2.37. The molecule has 0 saturated carbocycles. The number of nitrogens with one attached hydrogen (secondary N) is 1. The van der Waals surface area contributed by atoms with Crippen molar-refractivity contribution in [1.29, 1.82) is 0 Å². The van der Waals surface area contributed by atoms with Crippen molar-refractivity contribution < 1.29 is 9.84 Å². The van der Waals surface area contributed by atoms with Gasteiger partial charge in [0.05, 0.1) is 12.8 Å². The van der Waals surface area contributed by atoms with Gasteiger partial charge in [-0.05, 0) is 41.5 Å². The first-order valence-electron chi connectivity index (χ1n) is 7.36. The third-order valence-corrected chi connectivity index (χ3v) is 3.55. The lowest BCUT2D eigenvalue weighted by Crippen LogP contribution is -1.99. The topological polar surface area (TPSA) is 54.4 Å². The average molecular weight is 306 g/mol. The molecule has 1 heterocycles. The van der Waals surface area contributed by atoms with Gasteiger partial charge in [0.1, 0.15) is 11.5 Å². The SMILES string of the molecule is COc1cccc(-c2cncc(NCc3cccc(O)c3)c2)c1. The predicted molar refractivity (Wildman–Crippen MR) is 91.7 cm³/mol. The van der Waals surface area contributed by atoms with Crippen molar-refractivity contribution in [3.63, 3.8) is 0 Å². The smallest absolute Gasteiger partial charge is 0.119 e. The molecule has 1 aromatic heterocycles. The van der Waals surface area contributed by atoms with Gasteiger partial charge in [-0.2, -0.15) is 0 Å². The highest BCUT2D eigenvalue weighted by Gasteiger charge is 2.02. The van der Waals surface area contributed by atoms with Gasteiger partial charge in [0, 0.05) is 24.5 Å². The molecular weight excluding hydrogens is 288 g/mol. The summed E-state index contributed by atoms with van der Waals surface area (Å²) in [5, 5.41) is 12.8. The molecule has 0 fully saturated rings. The number of pyridine rings is 1. The number of aromatic nitrogens is 1. The molecule has 0 atom stereocenters. The number of aromatic hydroxyl groups is 1. The molecule has 0 aliphatic heterocycles. The van der Waals surface area contributed by atoms with Crippen LogP contribution in [-0.2, 0) is 6.54 Å². The van der Waals surface area contributed by atoms with Crippen LogP contribution in [-0.4, -0.2) is 17.2 Å². The third-order valence-electron chi connectivity index (χ3n) is 3.55. The summed E-state index contributed by atoms with van der Waals surface area (Å²) in [6.45, 7) is 0.623. The number of hydrogen-bond donors (Lipinski definition) is 2. The predicted octanol–water partition coefficient (Wildman–Crippen LogP) is 4.07. The lowest BCUT2D eigenvalue weighted by Gasteiger charge is -2.09. The lowest BCUT2D eigenvalue weighted by atomic mass is 10.1. The van der Waals surface area contributed by atoms with Crippen LogP contribution in [0.3, 0.4) is 0 Å². The zero-order valence-corrected chi connectivity index (χ0v) is 12.9. The molecule has 3 rings (SSSR count). The second kappa shape index (κ2) is 6.83. The van der Waals surface area contributed by atoms with E-state index in [2.05, 4.69) is 10.3 Å². The quantitative estimate of drug-likeness (QED) is 0.746. The Balaban J connectivity index is 1.77. The number of benzene rings is 2. The van der Waals surface area contributed by atoms with E-state index in [-0.39, 0.29) is 5.75 Å². The fourth-order valence-corrected chi connectivity index (χ4v) is 2.37. The molecule has 116 valence electrons. The molecule has 0 amide bonds. The van der Waals surface area contributed by atoms with Crippen LogP contribution in [0.15, 0.2) is 67.0 Å². The summed E-state index contributed by atoms with van der Waals surface area (Å²) in [6.07, 6.45) is 3.61. The zero-order chi connectivity index (χ0) is 16.1. The first-order chi connectivity index (χ1) is 11.2. The van der Waals surface area contributed by atoms with Gasteiger partial charge in [0.25, 0.3) is 0 Å². The van der Waals surface area contributed by atoms with Crippen LogP contribution in [0, 0.1) is 0 Å². The lowest BCUT2D eigenvalue weighted by molar-refractivity contribution is 0.415. The van der Waals surface area contributed by atoms with Crippen LogP contribution in [0.4, 0.5) is 5.69 Å².